The van der Waals surface area contributed by atoms with Crippen LogP contribution in [0.4, 0.5) is 0 Å². The van der Waals surface area contributed by atoms with Crippen molar-refractivity contribution in [1.82, 2.24) is 0 Å². The molecule has 0 saturated heterocycles. The maximum Gasteiger partial charge on any atom is 0.329 e. The van der Waals surface area contributed by atoms with Crippen LogP contribution in [0.2, 0.25) is 0 Å². The minimum absolute atomic E-state index is 0.219. The van der Waals surface area contributed by atoms with Crippen LogP contribution in [-0.2, 0) is 9.53 Å². The summed E-state index contributed by atoms with van der Waals surface area (Å²) >= 11 is 0. The Bertz CT molecular complexity index is 429. The van der Waals surface area contributed by atoms with Crippen molar-refractivity contribution >= 4 is 5.97 Å². The van der Waals surface area contributed by atoms with E-state index in [1.807, 2.05) is 13.8 Å². The van der Waals surface area contributed by atoms with Crippen LogP contribution >= 0.6 is 0 Å². The number of nitrogens with two attached hydrogens (primary N) is 1. The van der Waals surface area contributed by atoms with E-state index in [4.69, 9.17) is 15.6 Å². The van der Waals surface area contributed by atoms with Crippen LogP contribution in [0, 0.1) is 27.7 Å². The van der Waals surface area contributed by atoms with Gasteiger partial charge in [0, 0.05) is 0 Å². The van der Waals surface area contributed by atoms with Gasteiger partial charge in [0.1, 0.15) is 6.61 Å². The van der Waals surface area contributed by atoms with Crippen molar-refractivity contribution in [2.75, 3.05) is 13.2 Å². The van der Waals surface area contributed by atoms with Crippen LogP contribution < -0.4 is 5.73 Å². The number of hydrogen-bond donors (Lipinski definition) is 2. The van der Waals surface area contributed by atoms with Gasteiger partial charge in [-0.3, -0.25) is 0 Å². The van der Waals surface area contributed by atoms with E-state index in [9.17, 15) is 4.79 Å². The summed E-state index contributed by atoms with van der Waals surface area (Å²) in [7, 11) is 0. The molecule has 0 aliphatic rings. The molecular formula is C14H21NO3. The summed E-state index contributed by atoms with van der Waals surface area (Å²) in [4.78, 5) is 10.4. The number of rotatable bonds is 5. The molecular weight excluding hydrogens is 230 g/mol. The van der Waals surface area contributed by atoms with Gasteiger partial charge in [-0.2, -0.15) is 0 Å². The molecule has 0 bridgehead atoms. The lowest BCUT2D eigenvalue weighted by molar-refractivity contribution is -0.142. The standard InChI is InChI=1S/C14H21NO3/c1-8-5-9(2)11(4)14(10(8)3)12(15)6-18-7-13(16)17/h5,12H,6-7,15H2,1-4H3,(H,16,17). The molecule has 1 aromatic carbocycles. The third kappa shape index (κ3) is 3.31. The third-order valence-corrected chi connectivity index (χ3v) is 3.32. The Hall–Kier alpha value is -1.39. The minimum atomic E-state index is -0.976. The maximum absolute atomic E-state index is 10.4. The first-order chi connectivity index (χ1) is 8.34. The Kier molecular flexibility index (Phi) is 4.87. The Morgan fingerprint density at radius 1 is 1.28 bits per heavy atom. The highest BCUT2D eigenvalue weighted by Gasteiger charge is 2.15. The lowest BCUT2D eigenvalue weighted by Gasteiger charge is -2.20. The number of ether oxygens (including phenoxy) is 1. The van der Waals surface area contributed by atoms with Gasteiger partial charge in [0.15, 0.2) is 0 Å². The van der Waals surface area contributed by atoms with E-state index in [0.29, 0.717) is 0 Å². The molecule has 4 heteroatoms. The van der Waals surface area contributed by atoms with E-state index in [2.05, 4.69) is 19.9 Å². The van der Waals surface area contributed by atoms with E-state index in [0.717, 1.165) is 16.7 Å². The smallest absolute Gasteiger partial charge is 0.329 e. The molecule has 0 fully saturated rings. The quantitative estimate of drug-likeness (QED) is 0.839. The number of aryl methyl sites for hydroxylation is 2. The fourth-order valence-electron chi connectivity index (χ4n) is 2.16. The van der Waals surface area contributed by atoms with Crippen LogP contribution in [-0.4, -0.2) is 24.3 Å². The number of hydrogen-bond acceptors (Lipinski definition) is 3. The van der Waals surface area contributed by atoms with E-state index in [-0.39, 0.29) is 19.3 Å². The van der Waals surface area contributed by atoms with Crippen molar-refractivity contribution in [3.63, 3.8) is 0 Å². The van der Waals surface area contributed by atoms with Crippen molar-refractivity contribution in [2.45, 2.75) is 33.7 Å². The summed E-state index contributed by atoms with van der Waals surface area (Å²) in [5.74, 6) is -0.976. The molecule has 0 aromatic heterocycles. The zero-order chi connectivity index (χ0) is 13.9. The molecule has 4 nitrogen and oxygen atoms in total. The van der Waals surface area contributed by atoms with E-state index in [1.165, 1.54) is 11.1 Å². The summed E-state index contributed by atoms with van der Waals surface area (Å²) in [6.07, 6.45) is 0. The highest BCUT2D eigenvalue weighted by molar-refractivity contribution is 5.68. The van der Waals surface area contributed by atoms with Gasteiger partial charge in [-0.1, -0.05) is 6.07 Å². The fourth-order valence-corrected chi connectivity index (χ4v) is 2.16. The summed E-state index contributed by atoms with van der Waals surface area (Å²) in [6.45, 7) is 8.09. The van der Waals surface area contributed by atoms with Crippen molar-refractivity contribution in [1.29, 1.82) is 0 Å². The molecule has 0 spiro atoms. The summed E-state index contributed by atoms with van der Waals surface area (Å²) in [5, 5.41) is 8.53. The second-order valence-corrected chi connectivity index (χ2v) is 4.69. The minimum Gasteiger partial charge on any atom is -0.480 e. The number of aliphatic carboxylic acids is 1. The van der Waals surface area contributed by atoms with E-state index >= 15 is 0 Å². The molecule has 0 saturated carbocycles. The molecule has 18 heavy (non-hydrogen) atoms. The number of carboxylic acids is 1. The molecule has 0 heterocycles. The third-order valence-electron chi connectivity index (χ3n) is 3.32. The van der Waals surface area contributed by atoms with E-state index in [1.54, 1.807) is 0 Å². The predicted octanol–water partition coefficient (Wildman–Crippen LogP) is 2.02. The van der Waals surface area contributed by atoms with Crippen molar-refractivity contribution in [3.05, 3.63) is 33.9 Å². The summed E-state index contributed by atoms with van der Waals surface area (Å²) in [5.41, 5.74) is 11.9. The van der Waals surface area contributed by atoms with Crippen LogP contribution in [0.15, 0.2) is 6.07 Å². The molecule has 0 radical (unpaired) electrons. The first kappa shape index (κ1) is 14.7. The molecule has 1 unspecified atom stereocenters. The lowest BCUT2D eigenvalue weighted by atomic mass is 9.90. The van der Waals surface area contributed by atoms with Gasteiger partial charge in [0.2, 0.25) is 0 Å². The zero-order valence-corrected chi connectivity index (χ0v) is 11.4. The molecule has 1 rings (SSSR count). The van der Waals surface area contributed by atoms with Crippen LogP contribution in [0.1, 0.15) is 33.9 Å². The van der Waals surface area contributed by atoms with Gasteiger partial charge in [0.25, 0.3) is 0 Å². The van der Waals surface area contributed by atoms with Crippen molar-refractivity contribution in [3.8, 4) is 0 Å². The molecule has 100 valence electrons. The topological polar surface area (TPSA) is 72.5 Å². The van der Waals surface area contributed by atoms with Gasteiger partial charge in [0.05, 0.1) is 12.6 Å². The average molecular weight is 251 g/mol. The molecule has 3 N–H and O–H groups in total. The van der Waals surface area contributed by atoms with Crippen LogP contribution in [0.25, 0.3) is 0 Å². The maximum atomic E-state index is 10.4. The molecule has 0 aliphatic carbocycles. The molecule has 1 atom stereocenters. The number of benzene rings is 1. The van der Waals surface area contributed by atoms with Gasteiger partial charge < -0.3 is 15.6 Å². The highest BCUT2D eigenvalue weighted by atomic mass is 16.5. The van der Waals surface area contributed by atoms with Crippen LogP contribution in [0.5, 0.6) is 0 Å². The van der Waals surface area contributed by atoms with E-state index < -0.39 is 5.97 Å². The fraction of sp³-hybridized carbons (Fsp3) is 0.500. The monoisotopic (exact) mass is 251 g/mol. The van der Waals surface area contributed by atoms with Gasteiger partial charge in [-0.05, 0) is 55.5 Å². The summed E-state index contributed by atoms with van der Waals surface area (Å²) < 4.78 is 5.08. The Morgan fingerprint density at radius 3 is 2.22 bits per heavy atom. The highest BCUT2D eigenvalue weighted by Crippen LogP contribution is 2.26. The first-order valence-electron chi connectivity index (χ1n) is 5.97. The molecule has 0 aliphatic heterocycles. The molecule has 1 aromatic rings. The lowest BCUT2D eigenvalue weighted by Crippen LogP contribution is -2.22. The van der Waals surface area contributed by atoms with Crippen molar-refractivity contribution < 1.29 is 14.6 Å². The van der Waals surface area contributed by atoms with Crippen LogP contribution in [0.3, 0.4) is 0 Å². The second-order valence-electron chi connectivity index (χ2n) is 4.69. The summed E-state index contributed by atoms with van der Waals surface area (Å²) in [6, 6.07) is 1.85. The number of carboxylic acid groups (broad SMARTS) is 1. The number of carbonyl (C=O) groups is 1. The second kappa shape index (κ2) is 5.98. The van der Waals surface area contributed by atoms with Crippen molar-refractivity contribution in [2.24, 2.45) is 5.73 Å². The zero-order valence-electron chi connectivity index (χ0n) is 11.4. The SMILES string of the molecule is Cc1cc(C)c(C)c(C(N)COCC(=O)O)c1C. The average Bonchev–Trinajstić information content (AvgIpc) is 2.26. The Balaban J connectivity index is 2.91. The normalized spacial score (nSPS) is 12.5. The van der Waals surface area contributed by atoms with Gasteiger partial charge in [-0.25, -0.2) is 4.79 Å². The van der Waals surface area contributed by atoms with Gasteiger partial charge in [-0.15, -0.1) is 0 Å². The Labute approximate surface area is 108 Å². The first-order valence-corrected chi connectivity index (χ1v) is 5.97. The molecule has 0 amide bonds. The predicted molar refractivity (Wildman–Crippen MR) is 70.8 cm³/mol. The largest absolute Gasteiger partial charge is 0.480 e. The van der Waals surface area contributed by atoms with Gasteiger partial charge >= 0.3 is 5.97 Å². The Morgan fingerprint density at radius 2 is 1.78 bits per heavy atom.